The van der Waals surface area contributed by atoms with Crippen LogP contribution in [0, 0.1) is 0 Å². The van der Waals surface area contributed by atoms with Crippen LogP contribution in [0.2, 0.25) is 0 Å². The van der Waals surface area contributed by atoms with Crippen molar-refractivity contribution in [2.75, 3.05) is 13.2 Å². The standard InChI is InChI=1S/C16H21FN4O6/c1-8-5-11-6-20(16(25)21(11)27-14(17)9(2)22)13(8)15(24)19-26-7-10-3-4-12(23)18-10/h5,10-11,13-14,22H,2-4,6-7H2,1H3,(H,18,23)(H,19,24)/t10-,11+,13-,14+/m0/s1. The van der Waals surface area contributed by atoms with Crippen molar-refractivity contribution in [1.29, 1.82) is 0 Å². The van der Waals surface area contributed by atoms with Gasteiger partial charge in [0.2, 0.25) is 5.91 Å². The lowest BCUT2D eigenvalue weighted by atomic mass is 10.0. The molecule has 2 bridgehead atoms. The van der Waals surface area contributed by atoms with E-state index < -0.39 is 36.1 Å². The molecule has 3 heterocycles. The van der Waals surface area contributed by atoms with Gasteiger partial charge in [0.05, 0.1) is 25.2 Å². The Morgan fingerprint density at radius 2 is 2.30 bits per heavy atom. The van der Waals surface area contributed by atoms with Crippen molar-refractivity contribution < 1.29 is 33.6 Å². The molecule has 27 heavy (non-hydrogen) atoms. The highest BCUT2D eigenvalue weighted by molar-refractivity contribution is 5.91. The molecule has 10 nitrogen and oxygen atoms in total. The number of hydroxylamine groups is 3. The number of hydrogen-bond donors (Lipinski definition) is 3. The van der Waals surface area contributed by atoms with Gasteiger partial charge in [-0.25, -0.2) is 19.5 Å². The van der Waals surface area contributed by atoms with Crippen molar-refractivity contribution in [2.45, 2.75) is 44.2 Å². The molecule has 3 aliphatic heterocycles. The van der Waals surface area contributed by atoms with Crippen molar-refractivity contribution in [2.24, 2.45) is 0 Å². The van der Waals surface area contributed by atoms with Crippen LogP contribution >= 0.6 is 0 Å². The van der Waals surface area contributed by atoms with Crippen LogP contribution in [0.5, 0.6) is 0 Å². The summed E-state index contributed by atoms with van der Waals surface area (Å²) in [5, 5.41) is 12.5. The smallest absolute Gasteiger partial charge is 0.345 e. The van der Waals surface area contributed by atoms with E-state index in [1.807, 2.05) is 0 Å². The lowest BCUT2D eigenvalue weighted by Gasteiger charge is -2.28. The van der Waals surface area contributed by atoms with E-state index in [4.69, 9.17) is 14.8 Å². The first-order valence-corrected chi connectivity index (χ1v) is 8.45. The van der Waals surface area contributed by atoms with E-state index in [0.29, 0.717) is 18.4 Å². The van der Waals surface area contributed by atoms with Gasteiger partial charge >= 0.3 is 6.03 Å². The average Bonchev–Trinajstić information content (AvgIpc) is 3.11. The Kier molecular flexibility index (Phi) is 5.33. The van der Waals surface area contributed by atoms with Crippen molar-refractivity contribution in [3.05, 3.63) is 24.0 Å². The van der Waals surface area contributed by atoms with Gasteiger partial charge in [-0.3, -0.25) is 14.4 Å². The molecule has 0 aromatic heterocycles. The van der Waals surface area contributed by atoms with Gasteiger partial charge in [-0.05, 0) is 18.9 Å². The third-order valence-electron chi connectivity index (χ3n) is 4.58. The number of alkyl halides is 1. The van der Waals surface area contributed by atoms with E-state index in [1.165, 1.54) is 4.90 Å². The third-order valence-corrected chi connectivity index (χ3v) is 4.58. The van der Waals surface area contributed by atoms with E-state index in [2.05, 4.69) is 17.4 Å². The number of aliphatic hydroxyl groups is 1. The first-order valence-electron chi connectivity index (χ1n) is 8.45. The number of amides is 4. The molecule has 0 spiro atoms. The van der Waals surface area contributed by atoms with Gasteiger partial charge in [-0.1, -0.05) is 12.7 Å². The summed E-state index contributed by atoms with van der Waals surface area (Å²) in [4.78, 5) is 47.3. The number of rotatable bonds is 7. The third kappa shape index (κ3) is 3.88. The van der Waals surface area contributed by atoms with E-state index >= 15 is 0 Å². The molecule has 11 heteroatoms. The van der Waals surface area contributed by atoms with Crippen molar-refractivity contribution in [1.82, 2.24) is 20.8 Å². The topological polar surface area (TPSA) is 120 Å². The minimum atomic E-state index is -2.25. The first-order chi connectivity index (χ1) is 12.8. The predicted octanol–water partition coefficient (Wildman–Crippen LogP) is 0.0464. The highest BCUT2D eigenvalue weighted by Gasteiger charge is 2.48. The van der Waals surface area contributed by atoms with Crippen molar-refractivity contribution in [3.8, 4) is 0 Å². The van der Waals surface area contributed by atoms with Crippen LogP contribution in [-0.2, 0) is 19.3 Å². The lowest BCUT2D eigenvalue weighted by Crippen LogP contribution is -2.50. The molecule has 4 atom stereocenters. The Morgan fingerprint density at radius 1 is 1.56 bits per heavy atom. The van der Waals surface area contributed by atoms with Crippen LogP contribution < -0.4 is 10.8 Å². The molecule has 2 saturated heterocycles. The number of nitrogens with one attached hydrogen (secondary N) is 2. The van der Waals surface area contributed by atoms with Crippen LogP contribution in [0.15, 0.2) is 24.0 Å². The van der Waals surface area contributed by atoms with Gasteiger partial charge in [0.1, 0.15) is 11.8 Å². The number of aliphatic hydroxyl groups excluding tert-OH is 1. The number of halogens is 1. The normalized spacial score (nSPS) is 28.1. The number of nitrogens with zero attached hydrogens (tertiary/aromatic N) is 2. The fourth-order valence-corrected chi connectivity index (χ4v) is 3.30. The number of carbonyl (C=O) groups excluding carboxylic acids is 3. The molecular weight excluding hydrogens is 363 g/mol. The molecule has 3 aliphatic rings. The second kappa shape index (κ2) is 7.53. The lowest BCUT2D eigenvalue weighted by molar-refractivity contribution is -0.201. The molecule has 0 aromatic carbocycles. The summed E-state index contributed by atoms with van der Waals surface area (Å²) >= 11 is 0. The molecular formula is C16H21FN4O6. The number of fused-ring (bicyclic) bond motifs is 2. The predicted molar refractivity (Wildman–Crippen MR) is 88.3 cm³/mol. The zero-order valence-corrected chi connectivity index (χ0v) is 14.7. The molecule has 2 fully saturated rings. The molecule has 3 rings (SSSR count). The quantitative estimate of drug-likeness (QED) is 0.324. The van der Waals surface area contributed by atoms with Gasteiger partial charge in [0.25, 0.3) is 12.3 Å². The molecule has 4 amide bonds. The minimum absolute atomic E-state index is 0.0634. The highest BCUT2D eigenvalue weighted by Crippen LogP contribution is 2.30. The minimum Gasteiger partial charge on any atom is -0.507 e. The molecule has 0 unspecified atom stereocenters. The molecule has 0 aromatic rings. The maximum absolute atomic E-state index is 13.6. The fourth-order valence-electron chi connectivity index (χ4n) is 3.30. The number of carbonyl (C=O) groups is 3. The number of urea groups is 1. The van der Waals surface area contributed by atoms with Gasteiger partial charge in [-0.15, -0.1) is 0 Å². The summed E-state index contributed by atoms with van der Waals surface area (Å²) in [6.45, 7) is 4.92. The average molecular weight is 384 g/mol. The Balaban J connectivity index is 1.59. The van der Waals surface area contributed by atoms with E-state index in [0.717, 1.165) is 5.06 Å². The second-order valence-corrected chi connectivity index (χ2v) is 6.63. The summed E-state index contributed by atoms with van der Waals surface area (Å²) in [6.07, 6.45) is 0.411. The molecule has 3 N–H and O–H groups in total. The fraction of sp³-hybridized carbons (Fsp3) is 0.562. The van der Waals surface area contributed by atoms with Gasteiger partial charge in [0, 0.05) is 6.42 Å². The van der Waals surface area contributed by atoms with Gasteiger partial charge in [-0.2, -0.15) is 5.06 Å². The zero-order chi connectivity index (χ0) is 19.7. The Bertz CT molecular complexity index is 698. The summed E-state index contributed by atoms with van der Waals surface area (Å²) < 4.78 is 13.6. The van der Waals surface area contributed by atoms with Crippen LogP contribution in [0.3, 0.4) is 0 Å². The van der Waals surface area contributed by atoms with Crippen LogP contribution in [0.1, 0.15) is 19.8 Å². The second-order valence-electron chi connectivity index (χ2n) is 6.63. The highest BCUT2D eigenvalue weighted by atomic mass is 19.1. The maximum atomic E-state index is 13.6. The summed E-state index contributed by atoms with van der Waals surface area (Å²) in [5.41, 5.74) is 2.86. The summed E-state index contributed by atoms with van der Waals surface area (Å²) in [7, 11) is 0. The van der Waals surface area contributed by atoms with Gasteiger partial charge < -0.3 is 15.3 Å². The largest absolute Gasteiger partial charge is 0.507 e. The Hall–Kier alpha value is -2.66. The monoisotopic (exact) mass is 384 g/mol. The first kappa shape index (κ1) is 19.1. The van der Waals surface area contributed by atoms with E-state index in [-0.39, 0.29) is 25.1 Å². The summed E-state index contributed by atoms with van der Waals surface area (Å²) in [5.74, 6) is -1.49. The van der Waals surface area contributed by atoms with Crippen molar-refractivity contribution >= 4 is 17.8 Å². The molecule has 148 valence electrons. The maximum Gasteiger partial charge on any atom is 0.345 e. The summed E-state index contributed by atoms with van der Waals surface area (Å²) in [6, 6.07) is -2.40. The molecule has 0 aliphatic carbocycles. The van der Waals surface area contributed by atoms with Gasteiger partial charge in [0.15, 0.2) is 0 Å². The number of hydrogen-bond acceptors (Lipinski definition) is 6. The van der Waals surface area contributed by atoms with E-state index in [1.54, 1.807) is 13.0 Å². The Labute approximate surface area is 154 Å². The van der Waals surface area contributed by atoms with Crippen LogP contribution in [0.25, 0.3) is 0 Å². The molecule has 0 saturated carbocycles. The van der Waals surface area contributed by atoms with Crippen LogP contribution in [-0.4, -0.2) is 70.6 Å². The van der Waals surface area contributed by atoms with Crippen molar-refractivity contribution in [3.63, 3.8) is 0 Å². The van der Waals surface area contributed by atoms with Crippen LogP contribution in [0.4, 0.5) is 9.18 Å². The van der Waals surface area contributed by atoms with E-state index in [9.17, 15) is 18.8 Å². The zero-order valence-electron chi connectivity index (χ0n) is 14.7. The Morgan fingerprint density at radius 3 is 2.93 bits per heavy atom. The molecule has 0 radical (unpaired) electrons. The SMILES string of the molecule is C=C(O)[C@H](F)ON1C(=O)N2C[C@H]1C=C(C)[C@H]2C(=O)NOC[C@@H]1CCC(=O)N1.